The maximum absolute atomic E-state index is 9.47. The van der Waals surface area contributed by atoms with E-state index in [1.54, 1.807) is 19.2 Å². The number of fused-ring (bicyclic) bond motifs is 1. The molecule has 2 aromatic rings. The summed E-state index contributed by atoms with van der Waals surface area (Å²) in [6.07, 6.45) is 1.23. The van der Waals surface area contributed by atoms with Crippen molar-refractivity contribution in [1.82, 2.24) is 4.98 Å². The monoisotopic (exact) mass is 229 g/mol. The van der Waals surface area contributed by atoms with Crippen LogP contribution in [-0.4, -0.2) is 10.1 Å². The van der Waals surface area contributed by atoms with E-state index in [0.29, 0.717) is 10.0 Å². The molecule has 0 saturated carbocycles. The molecule has 1 heterocycles. The Kier molecular flexibility index (Phi) is 2.43. The van der Waals surface area contributed by atoms with Gasteiger partial charge in [-0.3, -0.25) is 0 Å². The first-order valence-corrected chi connectivity index (χ1v) is 5.00. The zero-order chi connectivity index (χ0) is 10.3. The molecule has 1 unspecified atom stereocenters. The van der Waals surface area contributed by atoms with Crippen molar-refractivity contribution in [2.24, 2.45) is 0 Å². The molecule has 0 aliphatic carbocycles. The minimum absolute atomic E-state index is 0.496. The van der Waals surface area contributed by atoms with Gasteiger partial charge in [0.05, 0.1) is 21.7 Å². The van der Waals surface area contributed by atoms with E-state index in [2.05, 4.69) is 4.98 Å². The van der Waals surface area contributed by atoms with Gasteiger partial charge in [-0.25, -0.2) is 0 Å². The number of hydrogen-bond donors (Lipinski definition) is 2. The number of hydrogen-bond acceptors (Lipinski definition) is 1. The highest BCUT2D eigenvalue weighted by atomic mass is 35.5. The minimum Gasteiger partial charge on any atom is -0.389 e. The number of rotatable bonds is 1. The van der Waals surface area contributed by atoms with E-state index in [4.69, 9.17) is 23.2 Å². The Morgan fingerprint density at radius 2 is 2.07 bits per heavy atom. The maximum atomic E-state index is 9.47. The van der Waals surface area contributed by atoms with E-state index >= 15 is 0 Å². The van der Waals surface area contributed by atoms with Crippen LogP contribution in [-0.2, 0) is 0 Å². The number of benzene rings is 1. The first-order valence-electron chi connectivity index (χ1n) is 4.24. The fourth-order valence-corrected chi connectivity index (χ4v) is 1.88. The molecule has 0 aliphatic heterocycles. The van der Waals surface area contributed by atoms with Gasteiger partial charge in [0.1, 0.15) is 0 Å². The maximum Gasteiger partial charge on any atom is 0.0833 e. The summed E-state index contributed by atoms with van der Waals surface area (Å²) >= 11 is 11.9. The summed E-state index contributed by atoms with van der Waals surface area (Å²) in [7, 11) is 0. The molecule has 2 N–H and O–H groups in total. The van der Waals surface area contributed by atoms with Gasteiger partial charge in [0.2, 0.25) is 0 Å². The van der Waals surface area contributed by atoms with E-state index in [-0.39, 0.29) is 0 Å². The van der Waals surface area contributed by atoms with Crippen molar-refractivity contribution in [2.45, 2.75) is 13.0 Å². The second kappa shape index (κ2) is 3.46. The average molecular weight is 230 g/mol. The van der Waals surface area contributed by atoms with Crippen LogP contribution >= 0.6 is 23.2 Å². The Labute approximate surface area is 91.5 Å². The van der Waals surface area contributed by atoms with Gasteiger partial charge in [0, 0.05) is 17.1 Å². The molecular weight excluding hydrogens is 221 g/mol. The summed E-state index contributed by atoms with van der Waals surface area (Å²) in [6, 6.07) is 3.58. The number of nitrogens with one attached hydrogen (secondary N) is 1. The van der Waals surface area contributed by atoms with Crippen molar-refractivity contribution in [1.29, 1.82) is 0 Å². The van der Waals surface area contributed by atoms with E-state index in [0.717, 1.165) is 16.5 Å². The molecule has 1 aromatic carbocycles. The second-order valence-electron chi connectivity index (χ2n) is 3.20. The van der Waals surface area contributed by atoms with Gasteiger partial charge in [-0.1, -0.05) is 29.3 Å². The van der Waals surface area contributed by atoms with Gasteiger partial charge >= 0.3 is 0 Å². The first kappa shape index (κ1) is 9.84. The quantitative estimate of drug-likeness (QED) is 0.772. The molecule has 0 aliphatic rings. The van der Waals surface area contributed by atoms with Gasteiger partial charge in [-0.2, -0.15) is 0 Å². The molecule has 74 valence electrons. The fraction of sp³-hybridized carbons (Fsp3) is 0.200. The zero-order valence-corrected chi connectivity index (χ0v) is 9.02. The summed E-state index contributed by atoms with van der Waals surface area (Å²) in [5, 5.41) is 11.4. The molecule has 2 nitrogen and oxygen atoms in total. The highest BCUT2D eigenvalue weighted by Gasteiger charge is 2.11. The van der Waals surface area contributed by atoms with Gasteiger partial charge in [-0.05, 0) is 13.0 Å². The predicted molar refractivity (Wildman–Crippen MR) is 59.0 cm³/mol. The molecule has 4 heteroatoms. The zero-order valence-electron chi connectivity index (χ0n) is 7.51. The molecule has 0 bridgehead atoms. The number of aromatic nitrogens is 1. The lowest BCUT2D eigenvalue weighted by Gasteiger charge is -2.02. The van der Waals surface area contributed by atoms with E-state index in [9.17, 15) is 5.11 Å². The molecule has 2 rings (SSSR count). The molecule has 0 amide bonds. The van der Waals surface area contributed by atoms with Crippen molar-refractivity contribution in [3.63, 3.8) is 0 Å². The standard InChI is InChI=1S/C10H9Cl2NO/c1-5(14)7-4-13-10-6(7)2-3-8(11)9(10)12/h2-5,13-14H,1H3. The van der Waals surface area contributed by atoms with Crippen molar-refractivity contribution in [2.75, 3.05) is 0 Å². The number of aliphatic hydroxyl groups excluding tert-OH is 1. The van der Waals surface area contributed by atoms with Gasteiger partial charge in [0.15, 0.2) is 0 Å². The fourth-order valence-electron chi connectivity index (χ4n) is 1.51. The van der Waals surface area contributed by atoms with Crippen LogP contribution in [0, 0.1) is 0 Å². The van der Waals surface area contributed by atoms with Crippen LogP contribution in [0.4, 0.5) is 0 Å². The van der Waals surface area contributed by atoms with Crippen LogP contribution < -0.4 is 0 Å². The number of H-pyrrole nitrogens is 1. The van der Waals surface area contributed by atoms with Crippen molar-refractivity contribution >= 4 is 34.1 Å². The number of aromatic amines is 1. The number of halogens is 2. The lowest BCUT2D eigenvalue weighted by Crippen LogP contribution is -1.87. The molecule has 1 aromatic heterocycles. The third kappa shape index (κ3) is 1.40. The molecule has 1 atom stereocenters. The second-order valence-corrected chi connectivity index (χ2v) is 3.99. The van der Waals surface area contributed by atoms with Crippen molar-refractivity contribution in [3.8, 4) is 0 Å². The van der Waals surface area contributed by atoms with Gasteiger partial charge in [-0.15, -0.1) is 0 Å². The molecular formula is C10H9Cl2NO. The lowest BCUT2D eigenvalue weighted by atomic mass is 10.1. The Hall–Kier alpha value is -0.700. The van der Waals surface area contributed by atoms with Gasteiger partial charge in [0.25, 0.3) is 0 Å². The van der Waals surface area contributed by atoms with Crippen LogP contribution in [0.5, 0.6) is 0 Å². The Morgan fingerprint density at radius 3 is 2.71 bits per heavy atom. The summed E-state index contributed by atoms with van der Waals surface area (Å²) in [5.41, 5.74) is 1.61. The average Bonchev–Trinajstić information content (AvgIpc) is 2.55. The third-order valence-corrected chi connectivity index (χ3v) is 3.03. The topological polar surface area (TPSA) is 36.0 Å². The largest absolute Gasteiger partial charge is 0.389 e. The Bertz CT molecular complexity index is 476. The molecule has 0 fully saturated rings. The smallest absolute Gasteiger partial charge is 0.0833 e. The highest BCUT2D eigenvalue weighted by molar-refractivity contribution is 6.45. The predicted octanol–water partition coefficient (Wildman–Crippen LogP) is 3.53. The SMILES string of the molecule is CC(O)c1c[nH]c2c(Cl)c(Cl)ccc12. The summed E-state index contributed by atoms with van der Waals surface area (Å²) in [6.45, 7) is 1.71. The van der Waals surface area contributed by atoms with Crippen molar-refractivity contribution < 1.29 is 5.11 Å². The van der Waals surface area contributed by atoms with E-state index < -0.39 is 6.10 Å². The lowest BCUT2D eigenvalue weighted by molar-refractivity contribution is 0.201. The summed E-state index contributed by atoms with van der Waals surface area (Å²) < 4.78 is 0. The van der Waals surface area contributed by atoms with Crippen LogP contribution in [0.3, 0.4) is 0 Å². The molecule has 0 spiro atoms. The van der Waals surface area contributed by atoms with Crippen LogP contribution in [0.25, 0.3) is 10.9 Å². The summed E-state index contributed by atoms with van der Waals surface area (Å²) in [4.78, 5) is 3.00. The summed E-state index contributed by atoms with van der Waals surface area (Å²) in [5.74, 6) is 0. The molecule has 14 heavy (non-hydrogen) atoms. The van der Waals surface area contributed by atoms with E-state index in [1.165, 1.54) is 0 Å². The number of aliphatic hydroxyl groups is 1. The third-order valence-electron chi connectivity index (χ3n) is 2.23. The van der Waals surface area contributed by atoms with E-state index in [1.807, 2.05) is 6.07 Å². The Morgan fingerprint density at radius 1 is 1.36 bits per heavy atom. The van der Waals surface area contributed by atoms with Crippen LogP contribution in [0.15, 0.2) is 18.3 Å². The Balaban J connectivity index is 2.77. The normalized spacial score (nSPS) is 13.4. The molecule has 0 saturated heterocycles. The van der Waals surface area contributed by atoms with Crippen LogP contribution in [0.1, 0.15) is 18.6 Å². The van der Waals surface area contributed by atoms with Crippen LogP contribution in [0.2, 0.25) is 10.0 Å². The highest BCUT2D eigenvalue weighted by Crippen LogP contribution is 2.33. The van der Waals surface area contributed by atoms with Gasteiger partial charge < -0.3 is 10.1 Å². The van der Waals surface area contributed by atoms with Crippen molar-refractivity contribution in [3.05, 3.63) is 33.9 Å². The first-order chi connectivity index (χ1) is 6.61. The minimum atomic E-state index is -0.513. The molecule has 0 radical (unpaired) electrons.